The van der Waals surface area contributed by atoms with Gasteiger partial charge in [0.15, 0.2) is 0 Å². The van der Waals surface area contributed by atoms with E-state index in [1.807, 2.05) is 18.1 Å². The van der Waals surface area contributed by atoms with Crippen molar-refractivity contribution in [2.24, 2.45) is 13.0 Å². The topological polar surface area (TPSA) is 71.2 Å². The largest absolute Gasteiger partial charge is 0.480 e. The molecule has 1 N–H and O–H groups in total. The summed E-state index contributed by atoms with van der Waals surface area (Å²) < 4.78 is 1.64. The van der Waals surface area contributed by atoms with Crippen molar-refractivity contribution >= 4 is 5.97 Å². The lowest BCUT2D eigenvalue weighted by Crippen LogP contribution is -2.46. The molecule has 6 nitrogen and oxygen atoms in total. The van der Waals surface area contributed by atoms with Crippen LogP contribution in [0.2, 0.25) is 0 Å². The van der Waals surface area contributed by atoms with Gasteiger partial charge in [-0.15, -0.1) is 5.10 Å². The highest BCUT2D eigenvalue weighted by Gasteiger charge is 2.32. The molecular weight excluding hydrogens is 232 g/mol. The van der Waals surface area contributed by atoms with E-state index in [1.165, 1.54) is 0 Å². The minimum Gasteiger partial charge on any atom is -0.480 e. The minimum atomic E-state index is -0.725. The van der Waals surface area contributed by atoms with E-state index < -0.39 is 5.97 Å². The van der Waals surface area contributed by atoms with Gasteiger partial charge in [-0.25, -0.2) is 0 Å². The van der Waals surface area contributed by atoms with Gasteiger partial charge in [-0.05, 0) is 25.3 Å². The lowest BCUT2D eigenvalue weighted by atomic mass is 9.89. The molecule has 1 aromatic rings. The zero-order chi connectivity index (χ0) is 13.1. The van der Waals surface area contributed by atoms with Crippen LogP contribution >= 0.6 is 0 Å². The number of rotatable bonds is 4. The Bertz CT molecular complexity index is 418. The summed E-state index contributed by atoms with van der Waals surface area (Å²) in [5.41, 5.74) is 0.832. The summed E-state index contributed by atoms with van der Waals surface area (Å²) in [6.45, 7) is 3.52. The molecule has 2 heterocycles. The van der Waals surface area contributed by atoms with E-state index >= 15 is 0 Å². The first-order chi connectivity index (χ1) is 8.60. The number of aliphatic carboxylic acids is 1. The van der Waals surface area contributed by atoms with Crippen LogP contribution in [0.4, 0.5) is 0 Å². The number of carbonyl (C=O) groups is 1. The number of likely N-dealkylation sites (tertiary alicyclic amines) is 1. The number of carboxylic acid groups (broad SMARTS) is 1. The van der Waals surface area contributed by atoms with Crippen LogP contribution in [0.5, 0.6) is 0 Å². The first-order valence-electron chi connectivity index (χ1n) is 6.42. The van der Waals surface area contributed by atoms with Gasteiger partial charge < -0.3 is 5.11 Å². The van der Waals surface area contributed by atoms with Crippen LogP contribution in [-0.4, -0.2) is 43.6 Å². The summed E-state index contributed by atoms with van der Waals surface area (Å²) in [6, 6.07) is -0.384. The second-order valence-corrected chi connectivity index (χ2v) is 5.01. The highest BCUT2D eigenvalue weighted by atomic mass is 16.4. The molecule has 0 radical (unpaired) electrons. The van der Waals surface area contributed by atoms with Crippen molar-refractivity contribution in [3.63, 3.8) is 0 Å². The normalized spacial score (nSPS) is 25.2. The van der Waals surface area contributed by atoms with Crippen LogP contribution < -0.4 is 0 Å². The van der Waals surface area contributed by atoms with Crippen molar-refractivity contribution in [1.82, 2.24) is 19.9 Å². The molecule has 0 bridgehead atoms. The van der Waals surface area contributed by atoms with Gasteiger partial charge in [0, 0.05) is 19.8 Å². The van der Waals surface area contributed by atoms with Crippen molar-refractivity contribution in [2.45, 2.75) is 38.8 Å². The van der Waals surface area contributed by atoms with E-state index in [2.05, 4.69) is 17.2 Å². The molecule has 0 spiro atoms. The highest BCUT2D eigenvalue weighted by Crippen LogP contribution is 2.26. The monoisotopic (exact) mass is 252 g/mol. The quantitative estimate of drug-likeness (QED) is 0.861. The second kappa shape index (κ2) is 5.48. The van der Waals surface area contributed by atoms with Gasteiger partial charge in [0.25, 0.3) is 0 Å². The predicted molar refractivity (Wildman–Crippen MR) is 65.9 cm³/mol. The Labute approximate surface area is 107 Å². The molecule has 1 aliphatic rings. The van der Waals surface area contributed by atoms with Crippen LogP contribution in [0.25, 0.3) is 0 Å². The number of hydrogen-bond acceptors (Lipinski definition) is 4. The lowest BCUT2D eigenvalue weighted by Gasteiger charge is -2.36. The molecule has 1 fully saturated rings. The van der Waals surface area contributed by atoms with Crippen LogP contribution in [-0.2, 0) is 18.4 Å². The smallest absolute Gasteiger partial charge is 0.320 e. The fraction of sp³-hybridized carbons (Fsp3) is 0.750. The van der Waals surface area contributed by atoms with Crippen molar-refractivity contribution in [2.75, 3.05) is 6.54 Å². The summed E-state index contributed by atoms with van der Waals surface area (Å²) in [5.74, 6) is -0.193. The summed E-state index contributed by atoms with van der Waals surface area (Å²) in [5, 5.41) is 17.2. The van der Waals surface area contributed by atoms with Crippen molar-refractivity contribution < 1.29 is 9.90 Å². The van der Waals surface area contributed by atoms with Crippen molar-refractivity contribution in [3.05, 3.63) is 11.9 Å². The number of carboxylic acids is 1. The van der Waals surface area contributed by atoms with Gasteiger partial charge in [-0.2, -0.15) is 0 Å². The molecule has 1 aromatic heterocycles. The molecule has 100 valence electrons. The standard InChI is InChI=1S/C12H20N4O2/c1-3-9-4-5-16(11(6-9)12(17)18)8-10-7-15(2)14-13-10/h7,9,11H,3-6,8H2,1-2H3,(H,17,18). The minimum absolute atomic E-state index is 0.384. The fourth-order valence-corrected chi connectivity index (χ4v) is 2.58. The van der Waals surface area contributed by atoms with E-state index in [4.69, 9.17) is 0 Å². The zero-order valence-electron chi connectivity index (χ0n) is 10.9. The lowest BCUT2D eigenvalue weighted by molar-refractivity contribution is -0.145. The zero-order valence-corrected chi connectivity index (χ0v) is 10.9. The predicted octanol–water partition coefficient (Wildman–Crippen LogP) is 0.890. The molecule has 18 heavy (non-hydrogen) atoms. The van der Waals surface area contributed by atoms with E-state index in [-0.39, 0.29) is 6.04 Å². The molecule has 0 aromatic carbocycles. The maximum Gasteiger partial charge on any atom is 0.320 e. The number of aryl methyl sites for hydroxylation is 1. The Kier molecular flexibility index (Phi) is 3.96. The van der Waals surface area contributed by atoms with E-state index in [0.717, 1.165) is 31.5 Å². The molecule has 2 rings (SSSR count). The van der Waals surface area contributed by atoms with Gasteiger partial charge in [0.1, 0.15) is 6.04 Å². The highest BCUT2D eigenvalue weighted by molar-refractivity contribution is 5.73. The molecule has 1 aliphatic heterocycles. The Morgan fingerprint density at radius 3 is 2.94 bits per heavy atom. The van der Waals surface area contributed by atoms with Gasteiger partial charge in [-0.1, -0.05) is 18.6 Å². The first-order valence-corrected chi connectivity index (χ1v) is 6.42. The molecule has 0 aliphatic carbocycles. The van der Waals surface area contributed by atoms with Gasteiger partial charge >= 0.3 is 5.97 Å². The summed E-state index contributed by atoms with van der Waals surface area (Å²) in [6.07, 6.45) is 4.71. The van der Waals surface area contributed by atoms with E-state index in [1.54, 1.807) is 4.68 Å². The third-order valence-electron chi connectivity index (χ3n) is 3.70. The maximum absolute atomic E-state index is 11.3. The van der Waals surface area contributed by atoms with Crippen molar-refractivity contribution in [3.8, 4) is 0 Å². The van der Waals surface area contributed by atoms with Crippen LogP contribution in [0, 0.1) is 5.92 Å². The Balaban J connectivity index is 2.04. The Morgan fingerprint density at radius 1 is 1.61 bits per heavy atom. The number of piperidine rings is 1. The Morgan fingerprint density at radius 2 is 2.39 bits per heavy atom. The van der Waals surface area contributed by atoms with Gasteiger partial charge in [0.2, 0.25) is 0 Å². The molecule has 1 saturated heterocycles. The van der Waals surface area contributed by atoms with Gasteiger partial charge in [0.05, 0.1) is 5.69 Å². The first kappa shape index (κ1) is 13.0. The molecular formula is C12H20N4O2. The third-order valence-corrected chi connectivity index (χ3v) is 3.70. The third kappa shape index (κ3) is 2.87. The average molecular weight is 252 g/mol. The van der Waals surface area contributed by atoms with Gasteiger partial charge in [-0.3, -0.25) is 14.4 Å². The molecule has 2 atom stereocenters. The molecule has 2 unspecified atom stereocenters. The van der Waals surface area contributed by atoms with Crippen LogP contribution in [0.1, 0.15) is 31.9 Å². The maximum atomic E-state index is 11.3. The van der Waals surface area contributed by atoms with Crippen molar-refractivity contribution in [1.29, 1.82) is 0 Å². The summed E-state index contributed by atoms with van der Waals surface area (Å²) in [4.78, 5) is 13.3. The average Bonchev–Trinajstić information content (AvgIpc) is 2.75. The Hall–Kier alpha value is -1.43. The fourth-order valence-electron chi connectivity index (χ4n) is 2.58. The van der Waals surface area contributed by atoms with Crippen LogP contribution in [0.3, 0.4) is 0 Å². The molecule has 0 amide bonds. The number of hydrogen-bond donors (Lipinski definition) is 1. The SMILES string of the molecule is CCC1CCN(Cc2cn(C)nn2)C(C(=O)O)C1. The summed E-state index contributed by atoms with van der Waals surface area (Å²) in [7, 11) is 1.81. The van der Waals surface area contributed by atoms with E-state index in [0.29, 0.717) is 12.5 Å². The molecule has 6 heteroatoms. The number of aromatic nitrogens is 3. The van der Waals surface area contributed by atoms with E-state index in [9.17, 15) is 9.90 Å². The number of nitrogens with zero attached hydrogens (tertiary/aromatic N) is 4. The molecule has 0 saturated carbocycles. The second-order valence-electron chi connectivity index (χ2n) is 5.01. The van der Waals surface area contributed by atoms with Crippen LogP contribution in [0.15, 0.2) is 6.20 Å². The summed E-state index contributed by atoms with van der Waals surface area (Å²) >= 11 is 0.